The molecule has 4 aromatic rings. The summed E-state index contributed by atoms with van der Waals surface area (Å²) in [5.74, 6) is -0.137. The van der Waals surface area contributed by atoms with E-state index in [0.717, 1.165) is 18.7 Å². The average Bonchev–Trinajstić information content (AvgIpc) is 3.35. The van der Waals surface area contributed by atoms with Gasteiger partial charge in [0.2, 0.25) is 0 Å². The number of hydrogen-bond donors (Lipinski definition) is 0. The summed E-state index contributed by atoms with van der Waals surface area (Å²) >= 11 is 0. The van der Waals surface area contributed by atoms with Gasteiger partial charge in [0, 0.05) is 37.8 Å². The van der Waals surface area contributed by atoms with Crippen molar-refractivity contribution in [3.8, 4) is 0 Å². The predicted octanol–water partition coefficient (Wildman–Crippen LogP) is 5.37. The molecule has 40 heavy (non-hydrogen) atoms. The monoisotopic (exact) mass is 551 g/mol. The van der Waals surface area contributed by atoms with Crippen molar-refractivity contribution in [1.29, 1.82) is 0 Å². The van der Waals surface area contributed by atoms with E-state index in [4.69, 9.17) is 0 Å². The maximum atomic E-state index is 13.7. The zero-order chi connectivity index (χ0) is 27.7. The molecule has 0 saturated carbocycles. The molecule has 1 saturated heterocycles. The number of sulfonamides is 1. The number of benzene rings is 4. The number of carbonyl (C=O) groups is 1. The number of hydrogen-bond acceptors (Lipinski definition) is 4. The third-order valence-corrected chi connectivity index (χ3v) is 9.90. The Kier molecular flexibility index (Phi) is 7.17. The molecule has 2 aliphatic heterocycles. The second-order valence-electron chi connectivity index (χ2n) is 10.6. The first-order valence-corrected chi connectivity index (χ1v) is 15.2. The molecule has 0 aliphatic carbocycles. The van der Waals surface area contributed by atoms with E-state index in [9.17, 15) is 13.2 Å². The highest BCUT2D eigenvalue weighted by Gasteiger charge is 2.36. The topological polar surface area (TPSA) is 60.9 Å². The van der Waals surface area contributed by atoms with Crippen molar-refractivity contribution >= 4 is 21.6 Å². The highest BCUT2D eigenvalue weighted by Crippen LogP contribution is 2.37. The molecule has 7 heteroatoms. The van der Waals surface area contributed by atoms with E-state index in [0.29, 0.717) is 30.8 Å². The molecule has 0 radical (unpaired) electrons. The summed E-state index contributed by atoms with van der Waals surface area (Å²) in [6, 6.07) is 35.0. The Bertz CT molecular complexity index is 1560. The molecule has 6 rings (SSSR count). The first-order chi connectivity index (χ1) is 19.4. The Labute approximate surface area is 236 Å². The van der Waals surface area contributed by atoms with E-state index >= 15 is 0 Å². The molecule has 6 nitrogen and oxygen atoms in total. The normalized spacial score (nSPS) is 17.7. The molecule has 2 heterocycles. The quantitative estimate of drug-likeness (QED) is 0.323. The number of para-hydroxylation sites is 1. The third kappa shape index (κ3) is 4.91. The van der Waals surface area contributed by atoms with E-state index in [1.807, 2.05) is 48.2 Å². The largest absolute Gasteiger partial charge is 0.336 e. The zero-order valence-electron chi connectivity index (χ0n) is 22.6. The lowest BCUT2D eigenvalue weighted by atomic mass is 9.96. The molecule has 4 aromatic carbocycles. The van der Waals surface area contributed by atoms with Crippen molar-refractivity contribution in [2.45, 2.75) is 30.3 Å². The highest BCUT2D eigenvalue weighted by atomic mass is 32.2. The molecular weight excluding hydrogens is 518 g/mol. The van der Waals surface area contributed by atoms with Crippen molar-refractivity contribution in [3.05, 3.63) is 131 Å². The Morgan fingerprint density at radius 1 is 0.750 bits per heavy atom. The molecule has 2 aliphatic rings. The van der Waals surface area contributed by atoms with Crippen molar-refractivity contribution in [2.75, 3.05) is 30.5 Å². The Hall–Kier alpha value is -3.94. The predicted molar refractivity (Wildman–Crippen MR) is 158 cm³/mol. The van der Waals surface area contributed by atoms with E-state index in [1.165, 1.54) is 21.5 Å². The van der Waals surface area contributed by atoms with Gasteiger partial charge in [-0.15, -0.1) is 0 Å². The highest BCUT2D eigenvalue weighted by molar-refractivity contribution is 7.92. The lowest BCUT2D eigenvalue weighted by Crippen LogP contribution is -2.49. The van der Waals surface area contributed by atoms with Crippen LogP contribution in [0.4, 0.5) is 5.69 Å². The van der Waals surface area contributed by atoms with Crippen LogP contribution in [0.5, 0.6) is 0 Å². The van der Waals surface area contributed by atoms with Crippen LogP contribution in [0, 0.1) is 0 Å². The van der Waals surface area contributed by atoms with Crippen LogP contribution < -0.4 is 4.31 Å². The number of piperazine rings is 1. The molecule has 1 atom stereocenters. The molecule has 204 valence electrons. The number of amides is 1. The summed E-state index contributed by atoms with van der Waals surface area (Å²) in [5, 5.41) is 0. The van der Waals surface area contributed by atoms with Crippen molar-refractivity contribution in [2.24, 2.45) is 0 Å². The maximum absolute atomic E-state index is 13.7. The number of anilines is 1. The number of fused-ring (bicyclic) bond motifs is 1. The summed E-state index contributed by atoms with van der Waals surface area (Å²) in [6.45, 7) is 4.51. The van der Waals surface area contributed by atoms with Crippen LogP contribution in [0.2, 0.25) is 0 Å². The Balaban J connectivity index is 1.20. The van der Waals surface area contributed by atoms with Crippen LogP contribution in [-0.2, 0) is 16.4 Å². The van der Waals surface area contributed by atoms with Crippen LogP contribution in [0.25, 0.3) is 0 Å². The molecule has 1 amide bonds. The molecule has 0 N–H and O–H groups in total. The maximum Gasteiger partial charge on any atom is 0.264 e. The minimum atomic E-state index is -3.81. The van der Waals surface area contributed by atoms with E-state index in [-0.39, 0.29) is 22.9 Å². The zero-order valence-corrected chi connectivity index (χ0v) is 23.4. The molecule has 0 aromatic heterocycles. The minimum Gasteiger partial charge on any atom is -0.336 e. The van der Waals surface area contributed by atoms with Crippen molar-refractivity contribution < 1.29 is 13.2 Å². The van der Waals surface area contributed by atoms with Gasteiger partial charge in [-0.3, -0.25) is 14.0 Å². The smallest absolute Gasteiger partial charge is 0.264 e. The lowest BCUT2D eigenvalue weighted by Gasteiger charge is -2.40. The molecule has 0 unspecified atom stereocenters. The van der Waals surface area contributed by atoms with Gasteiger partial charge in [0.25, 0.3) is 15.9 Å². The van der Waals surface area contributed by atoms with Gasteiger partial charge in [-0.05, 0) is 54.3 Å². The van der Waals surface area contributed by atoms with E-state index < -0.39 is 10.0 Å². The summed E-state index contributed by atoms with van der Waals surface area (Å²) in [7, 11) is -3.81. The second kappa shape index (κ2) is 10.9. The van der Waals surface area contributed by atoms with Crippen molar-refractivity contribution in [1.82, 2.24) is 9.80 Å². The SMILES string of the molecule is C[C@@H]1Cc2ccccc2N1S(=O)(=O)c1cccc(C(=O)N2CCN(C(c3ccccc3)c3ccccc3)CC2)c1. The fourth-order valence-electron chi connectivity index (χ4n) is 6.06. The van der Waals surface area contributed by atoms with Gasteiger partial charge in [0.05, 0.1) is 16.6 Å². The summed E-state index contributed by atoms with van der Waals surface area (Å²) in [4.78, 5) is 18.0. The van der Waals surface area contributed by atoms with Crippen molar-refractivity contribution in [3.63, 3.8) is 0 Å². The van der Waals surface area contributed by atoms with Gasteiger partial charge in [-0.1, -0.05) is 84.9 Å². The van der Waals surface area contributed by atoms with E-state index in [1.54, 1.807) is 18.2 Å². The fourth-order valence-corrected chi connectivity index (χ4v) is 7.80. The van der Waals surface area contributed by atoms with Gasteiger partial charge in [0.1, 0.15) is 0 Å². The molecule has 1 fully saturated rings. The molecular formula is C33H33N3O3S. The number of nitrogens with zero attached hydrogens (tertiary/aromatic N) is 3. The van der Waals surface area contributed by atoms with Crippen LogP contribution in [0.1, 0.15) is 40.0 Å². The molecule has 0 spiro atoms. The van der Waals surface area contributed by atoms with Crippen LogP contribution in [0.3, 0.4) is 0 Å². The fraction of sp³-hybridized carbons (Fsp3) is 0.242. The van der Waals surface area contributed by atoms with Gasteiger partial charge in [0.15, 0.2) is 0 Å². The first kappa shape index (κ1) is 26.3. The van der Waals surface area contributed by atoms with Gasteiger partial charge in [-0.2, -0.15) is 0 Å². The standard InChI is InChI=1S/C33H33N3O3S/c1-25-23-28-15-8-9-18-31(28)36(25)40(38,39)30-17-10-16-29(24-30)33(37)35-21-19-34(20-22-35)32(26-11-4-2-5-12-26)27-13-6-3-7-14-27/h2-18,24-25,32H,19-23H2,1H3/t25-/m1/s1. The Morgan fingerprint density at radius 2 is 1.35 bits per heavy atom. The van der Waals surface area contributed by atoms with Gasteiger partial charge >= 0.3 is 0 Å². The van der Waals surface area contributed by atoms with Gasteiger partial charge in [-0.25, -0.2) is 8.42 Å². The van der Waals surface area contributed by atoms with Gasteiger partial charge < -0.3 is 4.90 Å². The second-order valence-corrected chi connectivity index (χ2v) is 12.4. The minimum absolute atomic E-state index is 0.110. The summed E-state index contributed by atoms with van der Waals surface area (Å²) in [5.41, 5.74) is 4.59. The summed E-state index contributed by atoms with van der Waals surface area (Å²) in [6.07, 6.45) is 0.672. The lowest BCUT2D eigenvalue weighted by molar-refractivity contribution is 0.0597. The number of carbonyl (C=O) groups excluding carboxylic acids is 1. The Morgan fingerprint density at radius 3 is 2.00 bits per heavy atom. The van der Waals surface area contributed by atoms with Crippen LogP contribution in [0.15, 0.2) is 114 Å². The van der Waals surface area contributed by atoms with Crippen LogP contribution in [-0.4, -0.2) is 56.3 Å². The summed E-state index contributed by atoms with van der Waals surface area (Å²) < 4.78 is 29.0. The average molecular weight is 552 g/mol. The number of rotatable bonds is 6. The first-order valence-electron chi connectivity index (χ1n) is 13.8. The third-order valence-electron chi connectivity index (χ3n) is 7.98. The van der Waals surface area contributed by atoms with E-state index in [2.05, 4.69) is 53.4 Å². The van der Waals surface area contributed by atoms with Crippen LogP contribution >= 0.6 is 0 Å². The molecule has 0 bridgehead atoms.